The van der Waals surface area contributed by atoms with Crippen LogP contribution in [0.25, 0.3) is 0 Å². The van der Waals surface area contributed by atoms with Crippen LogP contribution in [0.2, 0.25) is 0 Å². The van der Waals surface area contributed by atoms with Gasteiger partial charge in [0.25, 0.3) is 0 Å². The third-order valence-corrected chi connectivity index (χ3v) is 4.03. The van der Waals surface area contributed by atoms with E-state index in [-0.39, 0.29) is 28.7 Å². The Morgan fingerprint density at radius 3 is 2.32 bits per heavy atom. The van der Waals surface area contributed by atoms with Gasteiger partial charge in [0.2, 0.25) is 0 Å². The molecule has 1 heterocycles. The zero-order valence-corrected chi connectivity index (χ0v) is 12.9. The molecule has 0 saturated heterocycles. The lowest BCUT2D eigenvalue weighted by Gasteiger charge is -2.19. The molecule has 0 unspecified atom stereocenters. The Labute approximate surface area is 140 Å². The minimum atomic E-state index is -4.55. The lowest BCUT2D eigenvalue weighted by atomic mass is 9.82. The summed E-state index contributed by atoms with van der Waals surface area (Å²) >= 11 is 0. The molecule has 1 aromatic carbocycles. The van der Waals surface area contributed by atoms with Crippen molar-refractivity contribution in [3.8, 4) is 0 Å². The van der Waals surface area contributed by atoms with E-state index < -0.39 is 29.3 Å². The number of hydrogen-bond acceptors (Lipinski definition) is 3. The van der Waals surface area contributed by atoms with Crippen LogP contribution in [0.1, 0.15) is 38.9 Å². The highest BCUT2D eigenvalue weighted by Crippen LogP contribution is 2.30. The quantitative estimate of drug-likeness (QED) is 0.764. The fourth-order valence-electron chi connectivity index (χ4n) is 2.69. The summed E-state index contributed by atoms with van der Waals surface area (Å²) in [6.07, 6.45) is -3.60. The predicted octanol–water partition coefficient (Wildman–Crippen LogP) is 4.18. The van der Waals surface area contributed by atoms with Crippen molar-refractivity contribution in [2.24, 2.45) is 0 Å². The molecule has 0 fully saturated rings. The molecule has 0 bridgehead atoms. The maximum absolute atomic E-state index is 13.4. The van der Waals surface area contributed by atoms with Crippen LogP contribution >= 0.6 is 0 Å². The smallest absolute Gasteiger partial charge is 0.289 e. The highest BCUT2D eigenvalue weighted by Gasteiger charge is 2.33. The average molecular weight is 349 g/mol. The number of aromatic nitrogens is 1. The Hall–Kier alpha value is -2.83. The summed E-state index contributed by atoms with van der Waals surface area (Å²) < 4.78 is 51.1. The van der Waals surface area contributed by atoms with E-state index in [1.807, 2.05) is 0 Å². The summed E-state index contributed by atoms with van der Waals surface area (Å²) in [5.74, 6) is -1.55. The fraction of sp³-hybridized carbons (Fsp3) is 0.167. The van der Waals surface area contributed by atoms with Crippen molar-refractivity contribution in [3.63, 3.8) is 0 Å². The highest BCUT2D eigenvalue weighted by atomic mass is 19.4. The van der Waals surface area contributed by atoms with Gasteiger partial charge in [0.05, 0.1) is 0 Å². The average Bonchev–Trinajstić information content (AvgIpc) is 2.56. The molecule has 7 heteroatoms. The molecule has 2 aromatic rings. The van der Waals surface area contributed by atoms with Gasteiger partial charge in [0, 0.05) is 34.9 Å². The Bertz CT molecular complexity index is 912. The maximum atomic E-state index is 13.4. The molecule has 128 valence electrons. The van der Waals surface area contributed by atoms with Crippen LogP contribution in [0.3, 0.4) is 0 Å². The number of carbonyl (C=O) groups excluding carboxylic acids is 2. The minimum Gasteiger partial charge on any atom is -0.289 e. The SMILES string of the molecule is CC1=C(Cc2ccc(C(F)(F)F)nc2)C(=O)c2cc(F)ccc2C1=O. The first-order chi connectivity index (χ1) is 11.7. The fourth-order valence-corrected chi connectivity index (χ4v) is 2.69. The van der Waals surface area contributed by atoms with Gasteiger partial charge < -0.3 is 0 Å². The molecule has 0 spiro atoms. The van der Waals surface area contributed by atoms with Crippen molar-refractivity contribution < 1.29 is 27.2 Å². The standard InChI is InChI=1S/C18H11F4NO2/c1-9-13(6-10-2-5-15(23-8-10)18(20,21)22)17(25)14-7-11(19)3-4-12(14)16(9)24/h2-5,7-8H,6H2,1H3. The molecule has 1 aromatic heterocycles. The minimum absolute atomic E-state index is 0.0366. The topological polar surface area (TPSA) is 47.0 Å². The Morgan fingerprint density at radius 1 is 1.00 bits per heavy atom. The molecule has 25 heavy (non-hydrogen) atoms. The van der Waals surface area contributed by atoms with E-state index in [0.29, 0.717) is 5.56 Å². The number of Topliss-reactive ketones (excluding diaryl/α,β-unsaturated/α-hetero) is 2. The van der Waals surface area contributed by atoms with Crippen LogP contribution in [-0.4, -0.2) is 16.6 Å². The molecule has 0 amide bonds. The van der Waals surface area contributed by atoms with Crippen LogP contribution in [-0.2, 0) is 12.6 Å². The van der Waals surface area contributed by atoms with Gasteiger partial charge in [-0.25, -0.2) is 4.39 Å². The van der Waals surface area contributed by atoms with Crippen molar-refractivity contribution in [1.29, 1.82) is 0 Å². The third-order valence-electron chi connectivity index (χ3n) is 4.03. The first-order valence-electron chi connectivity index (χ1n) is 7.29. The summed E-state index contributed by atoms with van der Waals surface area (Å²) in [4.78, 5) is 28.3. The van der Waals surface area contributed by atoms with E-state index in [1.165, 1.54) is 19.1 Å². The van der Waals surface area contributed by atoms with Crippen molar-refractivity contribution in [3.05, 3.63) is 75.9 Å². The van der Waals surface area contributed by atoms with Crippen molar-refractivity contribution in [2.75, 3.05) is 0 Å². The summed E-state index contributed by atoms with van der Waals surface area (Å²) in [6.45, 7) is 1.47. The molecule has 0 saturated carbocycles. The van der Waals surface area contributed by atoms with Gasteiger partial charge in [-0.05, 0) is 36.8 Å². The van der Waals surface area contributed by atoms with E-state index in [2.05, 4.69) is 4.98 Å². The summed E-state index contributed by atoms with van der Waals surface area (Å²) in [5, 5.41) is 0. The zero-order chi connectivity index (χ0) is 18.4. The summed E-state index contributed by atoms with van der Waals surface area (Å²) in [6, 6.07) is 5.36. The van der Waals surface area contributed by atoms with E-state index in [1.54, 1.807) is 0 Å². The van der Waals surface area contributed by atoms with E-state index in [0.717, 1.165) is 24.4 Å². The molecular weight excluding hydrogens is 338 g/mol. The number of rotatable bonds is 2. The van der Waals surface area contributed by atoms with E-state index in [9.17, 15) is 27.2 Å². The van der Waals surface area contributed by atoms with E-state index in [4.69, 9.17) is 0 Å². The number of ketones is 2. The largest absolute Gasteiger partial charge is 0.433 e. The van der Waals surface area contributed by atoms with Crippen molar-refractivity contribution in [2.45, 2.75) is 19.5 Å². The van der Waals surface area contributed by atoms with Crippen LogP contribution < -0.4 is 0 Å². The Morgan fingerprint density at radius 2 is 1.72 bits per heavy atom. The Kier molecular flexibility index (Phi) is 4.02. The first kappa shape index (κ1) is 17.0. The molecule has 1 aliphatic carbocycles. The predicted molar refractivity (Wildman–Crippen MR) is 80.7 cm³/mol. The molecule has 0 aliphatic heterocycles. The monoisotopic (exact) mass is 349 g/mol. The number of halogens is 4. The maximum Gasteiger partial charge on any atom is 0.433 e. The number of benzene rings is 1. The van der Waals surface area contributed by atoms with Crippen LogP contribution in [0, 0.1) is 5.82 Å². The van der Waals surface area contributed by atoms with Gasteiger partial charge in [-0.1, -0.05) is 6.07 Å². The number of allylic oxidation sites excluding steroid dienone is 2. The second kappa shape index (κ2) is 5.91. The number of pyridine rings is 1. The normalized spacial score (nSPS) is 14.8. The molecule has 3 nitrogen and oxygen atoms in total. The lowest BCUT2D eigenvalue weighted by molar-refractivity contribution is -0.141. The second-order valence-electron chi connectivity index (χ2n) is 5.68. The number of alkyl halides is 3. The first-order valence-corrected chi connectivity index (χ1v) is 7.29. The molecule has 0 atom stereocenters. The van der Waals surface area contributed by atoms with Crippen LogP contribution in [0.4, 0.5) is 17.6 Å². The van der Waals surface area contributed by atoms with E-state index >= 15 is 0 Å². The second-order valence-corrected chi connectivity index (χ2v) is 5.68. The van der Waals surface area contributed by atoms with Crippen molar-refractivity contribution >= 4 is 11.6 Å². The third kappa shape index (κ3) is 3.09. The number of carbonyl (C=O) groups is 2. The van der Waals surface area contributed by atoms with Crippen LogP contribution in [0.15, 0.2) is 47.7 Å². The number of fused-ring (bicyclic) bond motifs is 1. The highest BCUT2D eigenvalue weighted by molar-refractivity contribution is 6.26. The van der Waals surface area contributed by atoms with Gasteiger partial charge >= 0.3 is 6.18 Å². The summed E-state index contributed by atoms with van der Waals surface area (Å²) in [7, 11) is 0. The lowest BCUT2D eigenvalue weighted by Crippen LogP contribution is -2.22. The van der Waals surface area contributed by atoms with Gasteiger partial charge in [0.1, 0.15) is 11.5 Å². The van der Waals surface area contributed by atoms with Crippen molar-refractivity contribution in [1.82, 2.24) is 4.98 Å². The molecule has 3 rings (SSSR count). The molecule has 0 N–H and O–H groups in total. The van der Waals surface area contributed by atoms with Gasteiger partial charge in [-0.15, -0.1) is 0 Å². The molecule has 0 radical (unpaired) electrons. The van der Waals surface area contributed by atoms with Gasteiger partial charge in [-0.2, -0.15) is 13.2 Å². The zero-order valence-electron chi connectivity index (χ0n) is 12.9. The van der Waals surface area contributed by atoms with Gasteiger partial charge in [-0.3, -0.25) is 14.6 Å². The number of hydrogen-bond donors (Lipinski definition) is 0. The number of nitrogens with zero attached hydrogens (tertiary/aromatic N) is 1. The van der Waals surface area contributed by atoms with Crippen LogP contribution in [0.5, 0.6) is 0 Å². The summed E-state index contributed by atoms with van der Waals surface area (Å²) in [5.41, 5.74) is -0.277. The molecule has 1 aliphatic rings. The Balaban J connectivity index is 1.96. The van der Waals surface area contributed by atoms with Gasteiger partial charge in [0.15, 0.2) is 11.6 Å². The molecular formula is C18H11F4NO2.